The molecular formula is C23H25NO4. The molecule has 5 nitrogen and oxygen atoms in total. The minimum Gasteiger partial charge on any atom is -0.484 e. The van der Waals surface area contributed by atoms with E-state index in [4.69, 9.17) is 9.15 Å². The fourth-order valence-corrected chi connectivity index (χ4v) is 3.44. The maximum absolute atomic E-state index is 12.3. The summed E-state index contributed by atoms with van der Waals surface area (Å²) in [5.74, 6) is 0.432. The third kappa shape index (κ3) is 4.25. The number of amides is 1. The van der Waals surface area contributed by atoms with Crippen LogP contribution in [0.1, 0.15) is 42.0 Å². The second kappa shape index (κ2) is 7.89. The van der Waals surface area contributed by atoms with Gasteiger partial charge in [-0.3, -0.25) is 4.79 Å². The minimum absolute atomic E-state index is 0.133. The van der Waals surface area contributed by atoms with E-state index in [-0.39, 0.29) is 18.4 Å². The molecule has 1 amide bonds. The summed E-state index contributed by atoms with van der Waals surface area (Å²) in [7, 11) is 0. The lowest BCUT2D eigenvalue weighted by molar-refractivity contribution is -0.118. The van der Waals surface area contributed by atoms with Crippen LogP contribution < -0.4 is 15.7 Å². The number of anilines is 1. The van der Waals surface area contributed by atoms with Crippen molar-refractivity contribution in [3.63, 3.8) is 0 Å². The van der Waals surface area contributed by atoms with Gasteiger partial charge in [-0.1, -0.05) is 31.5 Å². The van der Waals surface area contributed by atoms with Gasteiger partial charge in [-0.15, -0.1) is 0 Å². The second-order valence-electron chi connectivity index (χ2n) is 7.44. The summed E-state index contributed by atoms with van der Waals surface area (Å²) >= 11 is 0. The molecular weight excluding hydrogens is 354 g/mol. The van der Waals surface area contributed by atoms with Crippen molar-refractivity contribution < 1.29 is 13.9 Å². The van der Waals surface area contributed by atoms with E-state index in [1.54, 1.807) is 12.1 Å². The van der Waals surface area contributed by atoms with Gasteiger partial charge in [0, 0.05) is 23.2 Å². The van der Waals surface area contributed by atoms with Crippen LogP contribution in [0, 0.1) is 20.8 Å². The number of ether oxygens (including phenoxy) is 1. The monoisotopic (exact) mass is 379 g/mol. The minimum atomic E-state index is -0.392. The molecule has 1 heterocycles. The van der Waals surface area contributed by atoms with Gasteiger partial charge in [0.05, 0.1) is 0 Å². The Morgan fingerprint density at radius 1 is 1.07 bits per heavy atom. The maximum Gasteiger partial charge on any atom is 0.336 e. The van der Waals surface area contributed by atoms with E-state index in [2.05, 4.69) is 5.32 Å². The van der Waals surface area contributed by atoms with Crippen molar-refractivity contribution in [1.29, 1.82) is 0 Å². The van der Waals surface area contributed by atoms with Gasteiger partial charge in [0.2, 0.25) is 0 Å². The molecule has 0 saturated heterocycles. The van der Waals surface area contributed by atoms with E-state index in [1.807, 2.05) is 52.8 Å². The molecule has 1 aromatic heterocycles. The van der Waals surface area contributed by atoms with Gasteiger partial charge >= 0.3 is 5.63 Å². The first-order chi connectivity index (χ1) is 13.2. The summed E-state index contributed by atoms with van der Waals surface area (Å²) in [6.45, 7) is 9.88. The number of benzene rings is 2. The van der Waals surface area contributed by atoms with Crippen LogP contribution >= 0.6 is 0 Å². The van der Waals surface area contributed by atoms with E-state index in [0.29, 0.717) is 11.3 Å². The average molecular weight is 379 g/mol. The van der Waals surface area contributed by atoms with Crippen molar-refractivity contribution in [1.82, 2.24) is 0 Å². The topological polar surface area (TPSA) is 68.5 Å². The molecule has 0 saturated carbocycles. The molecule has 0 fully saturated rings. The summed E-state index contributed by atoms with van der Waals surface area (Å²) in [5, 5.41) is 3.78. The van der Waals surface area contributed by atoms with Crippen molar-refractivity contribution in [3.8, 4) is 5.75 Å². The van der Waals surface area contributed by atoms with Crippen LogP contribution in [-0.2, 0) is 4.79 Å². The Hall–Kier alpha value is -3.08. The van der Waals surface area contributed by atoms with E-state index in [1.165, 1.54) is 6.07 Å². The summed E-state index contributed by atoms with van der Waals surface area (Å²) in [6, 6.07) is 10.9. The van der Waals surface area contributed by atoms with Crippen molar-refractivity contribution in [3.05, 3.63) is 69.1 Å². The Labute approximate surface area is 164 Å². The van der Waals surface area contributed by atoms with Gasteiger partial charge in [0.1, 0.15) is 11.3 Å². The predicted molar refractivity (Wildman–Crippen MR) is 111 cm³/mol. The van der Waals surface area contributed by atoms with Gasteiger partial charge in [-0.05, 0) is 55.5 Å². The van der Waals surface area contributed by atoms with Crippen molar-refractivity contribution in [2.45, 2.75) is 40.5 Å². The first-order valence-electron chi connectivity index (χ1n) is 9.33. The lowest BCUT2D eigenvalue weighted by atomic mass is 10.00. The first kappa shape index (κ1) is 19.7. The maximum atomic E-state index is 12.3. The molecule has 0 aliphatic heterocycles. The lowest BCUT2D eigenvalue weighted by Crippen LogP contribution is -2.21. The molecule has 5 heteroatoms. The van der Waals surface area contributed by atoms with Gasteiger partial charge in [-0.2, -0.15) is 0 Å². The number of fused-ring (bicyclic) bond motifs is 1. The van der Waals surface area contributed by atoms with Crippen molar-refractivity contribution in [2.75, 3.05) is 11.9 Å². The molecule has 146 valence electrons. The Bertz CT molecular complexity index is 1070. The molecule has 0 unspecified atom stereocenters. The van der Waals surface area contributed by atoms with Crippen LogP contribution in [0.2, 0.25) is 0 Å². The number of aryl methyl sites for hydroxylation is 3. The summed E-state index contributed by atoms with van der Waals surface area (Å²) in [4.78, 5) is 24.1. The highest BCUT2D eigenvalue weighted by molar-refractivity contribution is 5.93. The van der Waals surface area contributed by atoms with Gasteiger partial charge < -0.3 is 14.5 Å². The van der Waals surface area contributed by atoms with Crippen molar-refractivity contribution in [2.24, 2.45) is 0 Å². The zero-order valence-corrected chi connectivity index (χ0v) is 16.9. The molecule has 1 N–H and O–H groups in total. The highest BCUT2D eigenvalue weighted by Crippen LogP contribution is 2.27. The standard InChI is InChI=1S/C23H25NO4/c1-13(2)19-11-22(26)28-20-10-17(6-7-18(19)20)27-12-21(25)24-23-15(4)8-14(3)9-16(23)5/h6-11,13H,12H2,1-5H3,(H,24,25). The SMILES string of the molecule is Cc1cc(C)c(NC(=O)COc2ccc3c(C(C)C)cc(=O)oc3c2)c(C)c1. The second-order valence-corrected chi connectivity index (χ2v) is 7.44. The van der Waals surface area contributed by atoms with Crippen LogP contribution in [-0.4, -0.2) is 12.5 Å². The number of rotatable bonds is 5. The smallest absolute Gasteiger partial charge is 0.336 e. The number of carbonyl (C=O) groups is 1. The largest absolute Gasteiger partial charge is 0.484 e. The summed E-state index contributed by atoms with van der Waals surface area (Å²) in [5.41, 5.74) is 4.99. The van der Waals surface area contributed by atoms with Crippen LogP contribution in [0.3, 0.4) is 0 Å². The van der Waals surface area contributed by atoms with Crippen molar-refractivity contribution >= 4 is 22.6 Å². The Kier molecular flexibility index (Phi) is 5.54. The number of hydrogen-bond acceptors (Lipinski definition) is 4. The Morgan fingerprint density at radius 2 is 1.75 bits per heavy atom. The van der Waals surface area contributed by atoms with Crippen LogP contribution in [0.15, 0.2) is 45.6 Å². The number of hydrogen-bond donors (Lipinski definition) is 1. The Morgan fingerprint density at radius 3 is 2.39 bits per heavy atom. The summed E-state index contributed by atoms with van der Waals surface area (Å²) < 4.78 is 10.9. The average Bonchev–Trinajstić information content (AvgIpc) is 2.61. The number of nitrogens with one attached hydrogen (secondary N) is 1. The molecule has 0 bridgehead atoms. The van der Waals surface area contributed by atoms with Gasteiger partial charge in [-0.25, -0.2) is 4.79 Å². The fraction of sp³-hybridized carbons (Fsp3) is 0.304. The van der Waals surface area contributed by atoms with E-state index < -0.39 is 5.63 Å². The van der Waals surface area contributed by atoms with Crippen LogP contribution in [0.25, 0.3) is 11.0 Å². The zero-order valence-electron chi connectivity index (χ0n) is 16.9. The fourth-order valence-electron chi connectivity index (χ4n) is 3.44. The van der Waals surface area contributed by atoms with Gasteiger partial charge in [0.25, 0.3) is 5.91 Å². The zero-order chi connectivity index (χ0) is 20.4. The molecule has 0 radical (unpaired) electrons. The molecule has 0 spiro atoms. The molecule has 2 aromatic carbocycles. The third-order valence-corrected chi connectivity index (χ3v) is 4.68. The molecule has 0 aliphatic carbocycles. The highest BCUT2D eigenvalue weighted by Gasteiger charge is 2.12. The quantitative estimate of drug-likeness (QED) is 0.643. The molecule has 0 aliphatic rings. The Balaban J connectivity index is 1.75. The van der Waals surface area contributed by atoms with Crippen LogP contribution in [0.5, 0.6) is 5.75 Å². The molecule has 3 rings (SSSR count). The normalized spacial score (nSPS) is 11.1. The molecule has 28 heavy (non-hydrogen) atoms. The van der Waals surface area contributed by atoms with E-state index >= 15 is 0 Å². The molecule has 3 aromatic rings. The molecule has 0 atom stereocenters. The lowest BCUT2D eigenvalue weighted by Gasteiger charge is -2.14. The first-order valence-corrected chi connectivity index (χ1v) is 9.33. The van der Waals surface area contributed by atoms with E-state index in [0.717, 1.165) is 33.3 Å². The van der Waals surface area contributed by atoms with E-state index in [9.17, 15) is 9.59 Å². The third-order valence-electron chi connectivity index (χ3n) is 4.68. The predicted octanol–water partition coefficient (Wildman–Crippen LogP) is 4.86. The summed E-state index contributed by atoms with van der Waals surface area (Å²) in [6.07, 6.45) is 0. The number of carbonyl (C=O) groups excluding carboxylic acids is 1. The van der Waals surface area contributed by atoms with Gasteiger partial charge in [0.15, 0.2) is 6.61 Å². The highest BCUT2D eigenvalue weighted by atomic mass is 16.5. The van der Waals surface area contributed by atoms with Crippen LogP contribution in [0.4, 0.5) is 5.69 Å².